The summed E-state index contributed by atoms with van der Waals surface area (Å²) >= 11 is 0. The van der Waals surface area contributed by atoms with E-state index in [4.69, 9.17) is 0 Å². The van der Waals surface area contributed by atoms with E-state index in [-0.39, 0.29) is 0 Å². The van der Waals surface area contributed by atoms with Gasteiger partial charge in [0.15, 0.2) is 0 Å². The summed E-state index contributed by atoms with van der Waals surface area (Å²) in [6.45, 7) is -0.949. The zero-order valence-corrected chi connectivity index (χ0v) is 14.5. The molecule has 0 bridgehead atoms. The Morgan fingerprint density at radius 2 is 0.846 bits per heavy atom. The quantitative estimate of drug-likeness (QED) is 0.533. The Labute approximate surface area is 147 Å². The molecule has 0 heterocycles. The highest BCUT2D eigenvalue weighted by Crippen LogP contribution is 2.14. The fourth-order valence-electron chi connectivity index (χ4n) is 1.90. The van der Waals surface area contributed by atoms with Gasteiger partial charge in [-0.3, -0.25) is 0 Å². The second kappa shape index (κ2) is 7.70. The number of sulfonamides is 2. The average molecular weight is 412 g/mol. The van der Waals surface area contributed by atoms with E-state index in [1.165, 1.54) is 0 Å². The van der Waals surface area contributed by atoms with Gasteiger partial charge in [0.25, 0.3) is 0 Å². The first-order valence-corrected chi connectivity index (χ1v) is 9.88. The number of benzene rings is 2. The lowest BCUT2D eigenvalue weighted by molar-refractivity contribution is 0.556. The fourth-order valence-corrected chi connectivity index (χ4v) is 4.05. The normalized spacial score (nSPS) is 12.3. The molecule has 0 saturated heterocycles. The number of hydrogen-bond acceptors (Lipinski definition) is 4. The minimum absolute atomic E-state index is 0.475. The number of rotatable bonds is 7. The van der Waals surface area contributed by atoms with Crippen LogP contribution in [0.2, 0.25) is 0 Å². The molecule has 0 aromatic heterocycles. The predicted molar refractivity (Wildman–Crippen MR) is 83.1 cm³/mol. The van der Waals surface area contributed by atoms with Gasteiger partial charge in [0.05, 0.1) is 9.79 Å². The molecule has 0 amide bonds. The molecule has 0 atom stereocenters. The van der Waals surface area contributed by atoms with Crippen LogP contribution in [-0.2, 0) is 20.0 Å². The van der Waals surface area contributed by atoms with E-state index in [9.17, 15) is 34.4 Å². The van der Waals surface area contributed by atoms with Crippen LogP contribution in [0, 0.1) is 23.3 Å². The molecule has 12 heteroatoms. The SMILES string of the molecule is O=S(=O)(NCCNS(=O)(=O)c1cc(F)cc(F)c1)c1cc(F)cc(F)c1. The van der Waals surface area contributed by atoms with Gasteiger partial charge in [-0.05, 0) is 24.3 Å². The lowest BCUT2D eigenvalue weighted by atomic mass is 10.3. The van der Waals surface area contributed by atoms with Crippen LogP contribution in [-0.4, -0.2) is 29.9 Å². The van der Waals surface area contributed by atoms with Gasteiger partial charge >= 0.3 is 0 Å². The van der Waals surface area contributed by atoms with Crippen molar-refractivity contribution in [2.45, 2.75) is 9.79 Å². The first-order valence-electron chi connectivity index (χ1n) is 6.91. The van der Waals surface area contributed by atoms with Crippen molar-refractivity contribution in [3.8, 4) is 0 Å². The van der Waals surface area contributed by atoms with Crippen LogP contribution in [0.4, 0.5) is 17.6 Å². The Hall–Kier alpha value is -2.02. The average Bonchev–Trinajstić information content (AvgIpc) is 2.50. The first-order chi connectivity index (χ1) is 12.0. The second-order valence-electron chi connectivity index (χ2n) is 5.01. The van der Waals surface area contributed by atoms with Crippen LogP contribution in [0.15, 0.2) is 46.2 Å². The largest absolute Gasteiger partial charge is 0.240 e. The second-order valence-corrected chi connectivity index (χ2v) is 8.54. The molecule has 142 valence electrons. The van der Waals surface area contributed by atoms with E-state index in [1.54, 1.807) is 0 Å². The van der Waals surface area contributed by atoms with Crippen LogP contribution in [0.25, 0.3) is 0 Å². The third-order valence-electron chi connectivity index (χ3n) is 3.00. The summed E-state index contributed by atoms with van der Waals surface area (Å²) in [5, 5.41) is 0. The van der Waals surface area contributed by atoms with Crippen LogP contribution in [0.5, 0.6) is 0 Å². The van der Waals surface area contributed by atoms with E-state index < -0.39 is 66.2 Å². The maximum absolute atomic E-state index is 13.1. The van der Waals surface area contributed by atoms with E-state index in [2.05, 4.69) is 0 Å². The Bertz CT molecular complexity index is 903. The van der Waals surface area contributed by atoms with Crippen LogP contribution in [0.1, 0.15) is 0 Å². The minimum atomic E-state index is -4.29. The fraction of sp³-hybridized carbons (Fsp3) is 0.143. The molecule has 26 heavy (non-hydrogen) atoms. The van der Waals surface area contributed by atoms with Crippen molar-refractivity contribution in [1.82, 2.24) is 9.44 Å². The van der Waals surface area contributed by atoms with Gasteiger partial charge in [0, 0.05) is 25.2 Å². The molecule has 0 saturated carbocycles. The smallest absolute Gasteiger partial charge is 0.210 e. The van der Waals surface area contributed by atoms with E-state index in [0.29, 0.717) is 36.4 Å². The van der Waals surface area contributed by atoms with E-state index in [0.717, 1.165) is 0 Å². The molecule has 2 aromatic carbocycles. The van der Waals surface area contributed by atoms with Crippen molar-refractivity contribution in [3.05, 3.63) is 59.7 Å². The Kier molecular flexibility index (Phi) is 6.01. The Morgan fingerprint density at radius 1 is 0.577 bits per heavy atom. The topological polar surface area (TPSA) is 92.3 Å². The summed E-state index contributed by atoms with van der Waals surface area (Å²) in [7, 11) is -8.57. The molecule has 0 aliphatic rings. The van der Waals surface area contributed by atoms with Gasteiger partial charge in [-0.25, -0.2) is 43.8 Å². The lowest BCUT2D eigenvalue weighted by Crippen LogP contribution is -2.34. The van der Waals surface area contributed by atoms with Gasteiger partial charge < -0.3 is 0 Å². The molecule has 0 fully saturated rings. The minimum Gasteiger partial charge on any atom is -0.210 e. The molecule has 0 unspecified atom stereocenters. The third kappa shape index (κ3) is 5.24. The summed E-state index contributed by atoms with van der Waals surface area (Å²) in [5.41, 5.74) is 0. The van der Waals surface area contributed by atoms with E-state index in [1.807, 2.05) is 9.44 Å². The highest BCUT2D eigenvalue weighted by Gasteiger charge is 2.18. The van der Waals surface area contributed by atoms with Crippen LogP contribution >= 0.6 is 0 Å². The molecular formula is C14H12F4N2O4S2. The van der Waals surface area contributed by atoms with Gasteiger partial charge in [-0.2, -0.15) is 0 Å². The zero-order chi connectivity index (χ0) is 19.5. The maximum atomic E-state index is 13.1. The highest BCUT2D eigenvalue weighted by atomic mass is 32.2. The Morgan fingerprint density at radius 3 is 1.12 bits per heavy atom. The van der Waals surface area contributed by atoms with Crippen molar-refractivity contribution in [2.75, 3.05) is 13.1 Å². The predicted octanol–water partition coefficient (Wildman–Crippen LogP) is 1.50. The summed E-state index contributed by atoms with van der Waals surface area (Å²) in [6.07, 6.45) is 0. The van der Waals surface area contributed by atoms with Crippen LogP contribution < -0.4 is 9.44 Å². The van der Waals surface area contributed by atoms with Gasteiger partial charge in [-0.1, -0.05) is 0 Å². The summed E-state index contributed by atoms with van der Waals surface area (Å²) in [5.74, 6) is -4.39. The number of halogens is 4. The van der Waals surface area contributed by atoms with Crippen LogP contribution in [0.3, 0.4) is 0 Å². The van der Waals surface area contributed by atoms with Crippen molar-refractivity contribution in [2.24, 2.45) is 0 Å². The Balaban J connectivity index is 2.01. The summed E-state index contributed by atoms with van der Waals surface area (Å²) in [4.78, 5) is -1.35. The molecule has 6 nitrogen and oxygen atoms in total. The van der Waals surface area contributed by atoms with Gasteiger partial charge in [0.2, 0.25) is 20.0 Å². The van der Waals surface area contributed by atoms with E-state index >= 15 is 0 Å². The molecule has 2 N–H and O–H groups in total. The van der Waals surface area contributed by atoms with Crippen molar-refractivity contribution < 1.29 is 34.4 Å². The molecule has 0 aliphatic carbocycles. The molecule has 0 spiro atoms. The first kappa shape index (κ1) is 20.3. The van der Waals surface area contributed by atoms with Crippen molar-refractivity contribution in [1.29, 1.82) is 0 Å². The summed E-state index contributed by atoms with van der Waals surface area (Å²) in [6, 6.07) is 3.34. The number of nitrogens with one attached hydrogen (secondary N) is 2. The van der Waals surface area contributed by atoms with Crippen molar-refractivity contribution in [3.63, 3.8) is 0 Å². The molecular weight excluding hydrogens is 400 g/mol. The lowest BCUT2D eigenvalue weighted by Gasteiger charge is -2.09. The highest BCUT2D eigenvalue weighted by molar-refractivity contribution is 7.89. The standard InChI is InChI=1S/C14H12F4N2O4S2/c15-9-3-10(16)6-13(5-9)25(21,22)19-1-2-20-26(23,24)14-7-11(17)4-12(18)8-14/h3-8,19-20H,1-2H2. The molecule has 2 aromatic rings. The molecule has 0 radical (unpaired) electrons. The third-order valence-corrected chi connectivity index (χ3v) is 5.88. The maximum Gasteiger partial charge on any atom is 0.240 e. The number of hydrogen-bond donors (Lipinski definition) is 2. The molecule has 0 aliphatic heterocycles. The van der Waals surface area contributed by atoms with Gasteiger partial charge in [-0.15, -0.1) is 0 Å². The van der Waals surface area contributed by atoms with Crippen molar-refractivity contribution >= 4 is 20.0 Å². The zero-order valence-electron chi connectivity index (χ0n) is 12.8. The molecule has 2 rings (SSSR count). The monoisotopic (exact) mass is 412 g/mol. The summed E-state index contributed by atoms with van der Waals surface area (Å²) < 4.78 is 104. The van der Waals surface area contributed by atoms with Gasteiger partial charge in [0.1, 0.15) is 23.3 Å².